The average molecular weight is 352 g/mol. The number of carbonyl (C=O) groups excluding carboxylic acids is 1. The molecule has 1 fully saturated rings. The van der Waals surface area contributed by atoms with Crippen LogP contribution in [0.5, 0.6) is 5.75 Å². The molecule has 8 heteroatoms. The molecule has 25 heavy (non-hydrogen) atoms. The summed E-state index contributed by atoms with van der Waals surface area (Å²) < 4.78 is 38.1. The van der Waals surface area contributed by atoms with Crippen LogP contribution in [0.2, 0.25) is 0 Å². The molecule has 3 rings (SSSR count). The van der Waals surface area contributed by atoms with Crippen LogP contribution in [0, 0.1) is 0 Å². The Morgan fingerprint density at radius 2 is 1.88 bits per heavy atom. The van der Waals surface area contributed by atoms with Crippen LogP contribution in [0.25, 0.3) is 0 Å². The van der Waals surface area contributed by atoms with Gasteiger partial charge in [0.15, 0.2) is 5.69 Å². The highest BCUT2D eigenvalue weighted by Gasteiger charge is 2.37. The van der Waals surface area contributed by atoms with Gasteiger partial charge in [-0.15, -0.1) is 0 Å². The van der Waals surface area contributed by atoms with Crippen LogP contribution in [0.15, 0.2) is 42.6 Å². The van der Waals surface area contributed by atoms with E-state index >= 15 is 0 Å². The lowest BCUT2D eigenvalue weighted by Crippen LogP contribution is -2.32. The zero-order valence-corrected chi connectivity index (χ0v) is 12.9. The van der Waals surface area contributed by atoms with Crippen molar-refractivity contribution in [2.24, 2.45) is 0 Å². The third-order valence-electron chi connectivity index (χ3n) is 4.15. The van der Waals surface area contributed by atoms with Crippen LogP contribution in [-0.4, -0.2) is 38.7 Å². The minimum absolute atomic E-state index is 0.0144. The monoisotopic (exact) mass is 352 g/mol. The van der Waals surface area contributed by atoms with Crippen LogP contribution >= 0.6 is 0 Å². The Morgan fingerprint density at radius 3 is 2.48 bits per heavy atom. The Kier molecular flexibility index (Phi) is 4.38. The summed E-state index contributed by atoms with van der Waals surface area (Å²) in [5, 5.41) is 19.7. The summed E-state index contributed by atoms with van der Waals surface area (Å²) in [6.07, 6.45) is -3.69. The number of nitrogens with zero attached hydrogens (tertiary/aromatic N) is 2. The quantitative estimate of drug-likeness (QED) is 0.872. The number of hydrogen-bond donors (Lipinski definition) is 2. The van der Waals surface area contributed by atoms with Crippen LogP contribution < -0.4 is 0 Å². The first-order chi connectivity index (χ1) is 11.8. The van der Waals surface area contributed by atoms with Crippen molar-refractivity contribution in [3.8, 4) is 5.75 Å². The first-order valence-corrected chi connectivity index (χ1v) is 7.57. The molecule has 0 radical (unpaired) electrons. The van der Waals surface area contributed by atoms with E-state index in [2.05, 4.69) is 4.98 Å². The number of likely N-dealkylation sites (tertiary alicyclic amines) is 1. The highest BCUT2D eigenvalue weighted by molar-refractivity contribution is 5.95. The lowest BCUT2D eigenvalue weighted by atomic mass is 10.0. The number of rotatable bonds is 2. The maximum absolute atomic E-state index is 12.7. The molecule has 2 heterocycles. The van der Waals surface area contributed by atoms with Gasteiger partial charge in [-0.05, 0) is 36.2 Å². The van der Waals surface area contributed by atoms with Gasteiger partial charge in [-0.25, -0.2) is 4.98 Å². The molecule has 2 aromatic rings. The number of aliphatic hydroxyl groups is 1. The van der Waals surface area contributed by atoms with Crippen molar-refractivity contribution in [1.82, 2.24) is 9.88 Å². The van der Waals surface area contributed by atoms with Crippen molar-refractivity contribution >= 4 is 5.91 Å². The van der Waals surface area contributed by atoms with E-state index in [1.807, 2.05) is 0 Å². The molecule has 0 aliphatic carbocycles. The van der Waals surface area contributed by atoms with Gasteiger partial charge in [0, 0.05) is 12.7 Å². The zero-order valence-electron chi connectivity index (χ0n) is 12.9. The molecule has 132 valence electrons. The molecule has 1 aliphatic heterocycles. The van der Waals surface area contributed by atoms with Crippen LogP contribution in [0.3, 0.4) is 0 Å². The maximum Gasteiger partial charge on any atom is 0.416 e. The fourth-order valence-electron chi connectivity index (χ4n) is 2.95. The number of β-amino-alcohol motifs (C(OH)–C–C–N with tert-alkyl or cyclic N) is 1. The number of aromatic hydroxyl groups is 1. The number of amides is 1. The molecular formula is C17H15F3N2O3. The molecule has 1 aromatic heterocycles. The summed E-state index contributed by atoms with van der Waals surface area (Å²) in [7, 11) is 0. The average Bonchev–Trinajstić information content (AvgIpc) is 2.96. The molecule has 1 saturated heterocycles. The maximum atomic E-state index is 12.7. The van der Waals surface area contributed by atoms with Crippen LogP contribution in [0.1, 0.15) is 34.1 Å². The van der Waals surface area contributed by atoms with E-state index in [1.54, 1.807) is 0 Å². The van der Waals surface area contributed by atoms with Gasteiger partial charge in [-0.3, -0.25) is 4.79 Å². The zero-order chi connectivity index (χ0) is 18.2. The largest absolute Gasteiger partial charge is 0.505 e. The first-order valence-electron chi connectivity index (χ1n) is 7.57. The SMILES string of the molecule is O=C(c1ncccc1O)N1C[C@@H](O)C[C@@H]1c1ccc(C(F)(F)F)cc1. The highest BCUT2D eigenvalue weighted by Crippen LogP contribution is 2.36. The molecule has 0 bridgehead atoms. The molecule has 5 nitrogen and oxygen atoms in total. The van der Waals surface area contributed by atoms with Gasteiger partial charge in [-0.1, -0.05) is 12.1 Å². The molecule has 1 amide bonds. The molecule has 1 aliphatic rings. The fourth-order valence-corrected chi connectivity index (χ4v) is 2.95. The third kappa shape index (κ3) is 3.43. The predicted molar refractivity (Wildman–Crippen MR) is 81.7 cm³/mol. The number of aromatic nitrogens is 1. The summed E-state index contributed by atoms with van der Waals surface area (Å²) in [5.74, 6) is -0.875. The van der Waals surface area contributed by atoms with Crippen molar-refractivity contribution in [2.45, 2.75) is 24.7 Å². The smallest absolute Gasteiger partial charge is 0.416 e. The molecule has 0 unspecified atom stereocenters. The van der Waals surface area contributed by atoms with Gasteiger partial charge in [0.25, 0.3) is 5.91 Å². The predicted octanol–water partition coefficient (Wildman–Crippen LogP) is 2.75. The second kappa shape index (κ2) is 6.36. The van der Waals surface area contributed by atoms with E-state index < -0.39 is 29.8 Å². The normalized spacial score (nSPS) is 20.7. The van der Waals surface area contributed by atoms with Crippen molar-refractivity contribution in [3.05, 3.63) is 59.4 Å². The third-order valence-corrected chi connectivity index (χ3v) is 4.15. The van der Waals surface area contributed by atoms with E-state index in [0.717, 1.165) is 12.1 Å². The Labute approximate surface area is 141 Å². The van der Waals surface area contributed by atoms with E-state index in [0.29, 0.717) is 5.56 Å². The van der Waals surface area contributed by atoms with Gasteiger partial charge < -0.3 is 15.1 Å². The molecule has 1 aromatic carbocycles. The number of alkyl halides is 3. The molecule has 0 saturated carbocycles. The molecule has 2 atom stereocenters. The number of pyridine rings is 1. The summed E-state index contributed by atoms with van der Waals surface area (Å²) >= 11 is 0. The Balaban J connectivity index is 1.90. The highest BCUT2D eigenvalue weighted by atomic mass is 19.4. The topological polar surface area (TPSA) is 73.7 Å². The van der Waals surface area contributed by atoms with Gasteiger partial charge in [0.1, 0.15) is 5.75 Å². The van der Waals surface area contributed by atoms with Crippen LogP contribution in [0.4, 0.5) is 13.2 Å². The summed E-state index contributed by atoms with van der Waals surface area (Å²) in [4.78, 5) is 17.8. The van der Waals surface area contributed by atoms with Crippen molar-refractivity contribution < 1.29 is 28.2 Å². The molecule has 2 N–H and O–H groups in total. The molecular weight excluding hydrogens is 337 g/mol. The molecule has 0 spiro atoms. The van der Waals surface area contributed by atoms with Gasteiger partial charge in [0.05, 0.1) is 17.7 Å². The van der Waals surface area contributed by atoms with Crippen molar-refractivity contribution in [2.75, 3.05) is 6.54 Å². The van der Waals surface area contributed by atoms with Crippen molar-refractivity contribution in [1.29, 1.82) is 0 Å². The minimum atomic E-state index is -4.44. The lowest BCUT2D eigenvalue weighted by Gasteiger charge is -2.25. The number of aliphatic hydroxyl groups excluding tert-OH is 1. The standard InChI is InChI=1S/C17H15F3N2O3/c18-17(19,20)11-5-3-10(4-6-11)13-8-12(23)9-22(13)16(25)15-14(24)2-1-7-21-15/h1-7,12-13,23-24H,8-9H2/t12-,13+/m0/s1. The minimum Gasteiger partial charge on any atom is -0.505 e. The lowest BCUT2D eigenvalue weighted by molar-refractivity contribution is -0.137. The van der Waals surface area contributed by atoms with E-state index in [4.69, 9.17) is 0 Å². The van der Waals surface area contributed by atoms with Gasteiger partial charge in [0.2, 0.25) is 0 Å². The summed E-state index contributed by atoms with van der Waals surface area (Å²) in [5.41, 5.74) is -0.461. The Bertz CT molecular complexity index is 777. The van der Waals surface area contributed by atoms with Gasteiger partial charge >= 0.3 is 6.18 Å². The van der Waals surface area contributed by atoms with E-state index in [1.165, 1.54) is 35.4 Å². The number of halogens is 3. The first kappa shape index (κ1) is 17.2. The number of hydrogen-bond acceptors (Lipinski definition) is 4. The second-order valence-electron chi connectivity index (χ2n) is 5.85. The fraction of sp³-hybridized carbons (Fsp3) is 0.294. The summed E-state index contributed by atoms with van der Waals surface area (Å²) in [6.45, 7) is 0.0144. The van der Waals surface area contributed by atoms with E-state index in [9.17, 15) is 28.2 Å². The van der Waals surface area contributed by atoms with Crippen LogP contribution in [-0.2, 0) is 6.18 Å². The number of benzene rings is 1. The Hall–Kier alpha value is -2.61. The van der Waals surface area contributed by atoms with Crippen molar-refractivity contribution in [3.63, 3.8) is 0 Å². The summed E-state index contributed by atoms with van der Waals surface area (Å²) in [6, 6.07) is 6.68. The Morgan fingerprint density at radius 1 is 1.20 bits per heavy atom. The van der Waals surface area contributed by atoms with E-state index in [-0.39, 0.29) is 24.4 Å². The number of carbonyl (C=O) groups is 1. The second-order valence-corrected chi connectivity index (χ2v) is 5.85. The van der Waals surface area contributed by atoms with Gasteiger partial charge in [-0.2, -0.15) is 13.2 Å².